The maximum absolute atomic E-state index is 12.2. The Hall–Kier alpha value is -2.82. The molecule has 0 radical (unpaired) electrons. The number of nitrogen functional groups attached to an aromatic ring is 1. The van der Waals surface area contributed by atoms with Crippen LogP contribution in [0.3, 0.4) is 0 Å². The number of pyridine rings is 1. The second-order valence-corrected chi connectivity index (χ2v) is 4.53. The topological polar surface area (TPSA) is 81.2 Å². The number of benzene rings is 1. The predicted octanol–water partition coefficient (Wildman–Crippen LogP) is 2.97. The molecule has 0 saturated heterocycles. The average Bonchev–Trinajstić information content (AvgIpc) is 2.87. The summed E-state index contributed by atoms with van der Waals surface area (Å²) in [4.78, 5) is 16.3. The van der Waals surface area contributed by atoms with E-state index in [0.29, 0.717) is 22.7 Å². The number of furan rings is 1. The fraction of sp³-hybridized carbons (Fsp3) is 0.0667. The summed E-state index contributed by atoms with van der Waals surface area (Å²) in [5, 5.41) is 3.51. The van der Waals surface area contributed by atoms with Crippen molar-refractivity contribution >= 4 is 28.4 Å². The van der Waals surface area contributed by atoms with Gasteiger partial charge < -0.3 is 15.5 Å². The molecule has 5 nitrogen and oxygen atoms in total. The first kappa shape index (κ1) is 12.2. The molecule has 0 aliphatic rings. The highest BCUT2D eigenvalue weighted by Crippen LogP contribution is 2.22. The quantitative estimate of drug-likeness (QED) is 0.748. The molecule has 0 aliphatic carbocycles. The van der Waals surface area contributed by atoms with Gasteiger partial charge >= 0.3 is 0 Å². The number of rotatable bonds is 2. The van der Waals surface area contributed by atoms with Crippen LogP contribution in [0.1, 0.15) is 15.9 Å². The summed E-state index contributed by atoms with van der Waals surface area (Å²) in [6, 6.07) is 9.11. The molecule has 2 aromatic heterocycles. The van der Waals surface area contributed by atoms with Gasteiger partial charge in [-0.2, -0.15) is 0 Å². The number of aryl methyl sites for hydroxylation is 1. The largest absolute Gasteiger partial charge is 0.463 e. The van der Waals surface area contributed by atoms with Crippen molar-refractivity contribution in [1.29, 1.82) is 0 Å². The molecule has 0 spiro atoms. The van der Waals surface area contributed by atoms with Crippen molar-refractivity contribution in [2.75, 3.05) is 11.1 Å². The van der Waals surface area contributed by atoms with Crippen LogP contribution in [0.15, 0.2) is 47.2 Å². The first-order chi connectivity index (χ1) is 9.65. The van der Waals surface area contributed by atoms with Crippen LogP contribution in [0.5, 0.6) is 0 Å². The number of aromatic nitrogens is 1. The Morgan fingerprint density at radius 3 is 2.95 bits per heavy atom. The van der Waals surface area contributed by atoms with Gasteiger partial charge in [0.1, 0.15) is 17.7 Å². The lowest BCUT2D eigenvalue weighted by molar-refractivity contribution is 0.102. The Bertz CT molecular complexity index is 793. The van der Waals surface area contributed by atoms with Gasteiger partial charge in [0.25, 0.3) is 5.91 Å². The zero-order valence-electron chi connectivity index (χ0n) is 10.9. The van der Waals surface area contributed by atoms with Crippen LogP contribution in [0, 0.1) is 6.92 Å². The molecule has 20 heavy (non-hydrogen) atoms. The van der Waals surface area contributed by atoms with Crippen molar-refractivity contribution in [2.24, 2.45) is 0 Å². The Balaban J connectivity index is 1.91. The molecular weight excluding hydrogens is 254 g/mol. The molecule has 3 aromatic rings. The molecular formula is C15H13N3O2. The van der Waals surface area contributed by atoms with Crippen LogP contribution in [0.2, 0.25) is 0 Å². The summed E-state index contributed by atoms with van der Waals surface area (Å²) in [5.74, 6) is 0.207. The third-order valence-corrected chi connectivity index (χ3v) is 3.12. The lowest BCUT2D eigenvalue weighted by Gasteiger charge is -2.05. The summed E-state index contributed by atoms with van der Waals surface area (Å²) >= 11 is 0. The number of anilines is 2. The van der Waals surface area contributed by atoms with Crippen molar-refractivity contribution < 1.29 is 9.21 Å². The molecule has 0 fully saturated rings. The van der Waals surface area contributed by atoms with E-state index in [4.69, 9.17) is 10.2 Å². The molecule has 2 heterocycles. The first-order valence-corrected chi connectivity index (χ1v) is 6.15. The summed E-state index contributed by atoms with van der Waals surface area (Å²) in [7, 11) is 0. The van der Waals surface area contributed by atoms with E-state index >= 15 is 0 Å². The maximum atomic E-state index is 12.2. The zero-order valence-corrected chi connectivity index (χ0v) is 10.9. The third kappa shape index (κ3) is 2.09. The number of hydrogen-bond acceptors (Lipinski definition) is 4. The van der Waals surface area contributed by atoms with Crippen LogP contribution in [-0.4, -0.2) is 10.9 Å². The van der Waals surface area contributed by atoms with Crippen molar-refractivity contribution in [3.8, 4) is 0 Å². The highest BCUT2D eigenvalue weighted by molar-refractivity contribution is 6.11. The SMILES string of the molecule is Cc1cc(NC(=O)c2coc3ccccc23)ncc1N. The number of amides is 1. The molecule has 0 aliphatic heterocycles. The van der Waals surface area contributed by atoms with Gasteiger partial charge in [-0.15, -0.1) is 0 Å². The number of carbonyl (C=O) groups excluding carboxylic acids is 1. The zero-order chi connectivity index (χ0) is 14.1. The van der Waals surface area contributed by atoms with E-state index in [2.05, 4.69) is 10.3 Å². The van der Waals surface area contributed by atoms with E-state index in [0.717, 1.165) is 10.9 Å². The number of nitrogens with two attached hydrogens (primary N) is 1. The average molecular weight is 267 g/mol. The normalized spacial score (nSPS) is 10.7. The molecule has 100 valence electrons. The van der Waals surface area contributed by atoms with Crippen molar-refractivity contribution in [3.63, 3.8) is 0 Å². The minimum absolute atomic E-state index is 0.258. The van der Waals surface area contributed by atoms with Crippen LogP contribution >= 0.6 is 0 Å². The molecule has 3 rings (SSSR count). The van der Waals surface area contributed by atoms with Crippen LogP contribution in [-0.2, 0) is 0 Å². The fourth-order valence-corrected chi connectivity index (χ4v) is 1.97. The highest BCUT2D eigenvalue weighted by atomic mass is 16.3. The molecule has 1 aromatic carbocycles. The van der Waals surface area contributed by atoms with Crippen LogP contribution in [0.4, 0.5) is 11.5 Å². The van der Waals surface area contributed by atoms with Crippen molar-refractivity contribution in [1.82, 2.24) is 4.98 Å². The Kier molecular flexibility index (Phi) is 2.87. The lowest BCUT2D eigenvalue weighted by atomic mass is 10.1. The van der Waals surface area contributed by atoms with Gasteiger partial charge in [0.05, 0.1) is 17.4 Å². The first-order valence-electron chi connectivity index (χ1n) is 6.15. The molecule has 0 atom stereocenters. The summed E-state index contributed by atoms with van der Waals surface area (Å²) in [5.41, 5.74) is 8.32. The van der Waals surface area contributed by atoms with E-state index in [1.807, 2.05) is 31.2 Å². The number of para-hydroxylation sites is 1. The second-order valence-electron chi connectivity index (χ2n) is 4.53. The summed E-state index contributed by atoms with van der Waals surface area (Å²) in [6.07, 6.45) is 2.97. The van der Waals surface area contributed by atoms with E-state index in [1.165, 1.54) is 12.5 Å². The van der Waals surface area contributed by atoms with Crippen molar-refractivity contribution in [2.45, 2.75) is 6.92 Å². The molecule has 0 unspecified atom stereocenters. The van der Waals surface area contributed by atoms with Crippen LogP contribution < -0.4 is 11.1 Å². The lowest BCUT2D eigenvalue weighted by Crippen LogP contribution is -2.12. The molecule has 1 amide bonds. The standard InChI is InChI=1S/C15H13N3O2/c1-9-6-14(17-7-12(9)16)18-15(19)11-8-20-13-5-3-2-4-10(11)13/h2-8H,16H2,1H3,(H,17,18,19). The number of carbonyl (C=O) groups is 1. The van der Waals surface area contributed by atoms with E-state index < -0.39 is 0 Å². The van der Waals surface area contributed by atoms with E-state index in [-0.39, 0.29) is 5.91 Å². The number of nitrogens with zero attached hydrogens (tertiary/aromatic N) is 1. The molecule has 0 saturated carbocycles. The van der Waals surface area contributed by atoms with Gasteiger partial charge in [-0.25, -0.2) is 4.98 Å². The predicted molar refractivity (Wildman–Crippen MR) is 77.6 cm³/mol. The second kappa shape index (κ2) is 4.70. The summed E-state index contributed by atoms with van der Waals surface area (Å²) < 4.78 is 5.35. The van der Waals surface area contributed by atoms with Gasteiger partial charge in [-0.3, -0.25) is 4.79 Å². The molecule has 5 heteroatoms. The Morgan fingerprint density at radius 1 is 1.35 bits per heavy atom. The van der Waals surface area contributed by atoms with E-state index in [9.17, 15) is 4.79 Å². The Morgan fingerprint density at radius 2 is 2.15 bits per heavy atom. The fourth-order valence-electron chi connectivity index (χ4n) is 1.97. The van der Waals surface area contributed by atoms with Crippen molar-refractivity contribution in [3.05, 3.63) is 53.9 Å². The van der Waals surface area contributed by atoms with E-state index in [1.54, 1.807) is 6.07 Å². The maximum Gasteiger partial charge on any atom is 0.260 e. The monoisotopic (exact) mass is 267 g/mol. The number of nitrogens with one attached hydrogen (secondary N) is 1. The van der Waals surface area contributed by atoms with Gasteiger partial charge in [-0.05, 0) is 24.6 Å². The molecule has 0 bridgehead atoms. The minimum atomic E-state index is -0.258. The third-order valence-electron chi connectivity index (χ3n) is 3.12. The van der Waals surface area contributed by atoms with Gasteiger partial charge in [0, 0.05) is 5.39 Å². The van der Waals surface area contributed by atoms with Gasteiger partial charge in [0.2, 0.25) is 0 Å². The Labute approximate surface area is 115 Å². The minimum Gasteiger partial charge on any atom is -0.463 e. The number of hydrogen-bond donors (Lipinski definition) is 2. The van der Waals surface area contributed by atoms with Gasteiger partial charge in [-0.1, -0.05) is 18.2 Å². The van der Waals surface area contributed by atoms with Gasteiger partial charge in [0.15, 0.2) is 0 Å². The smallest absolute Gasteiger partial charge is 0.260 e. The molecule has 3 N–H and O–H groups in total. The summed E-state index contributed by atoms with van der Waals surface area (Å²) in [6.45, 7) is 1.86. The highest BCUT2D eigenvalue weighted by Gasteiger charge is 2.14. The number of fused-ring (bicyclic) bond motifs is 1. The van der Waals surface area contributed by atoms with Crippen LogP contribution in [0.25, 0.3) is 11.0 Å².